The normalized spacial score (nSPS) is 11.5. The van der Waals surface area contributed by atoms with Gasteiger partial charge in [0.2, 0.25) is 0 Å². The van der Waals surface area contributed by atoms with E-state index in [-0.39, 0.29) is 11.5 Å². The topological polar surface area (TPSA) is 72.0 Å². The summed E-state index contributed by atoms with van der Waals surface area (Å²) in [6, 6.07) is 0. The van der Waals surface area contributed by atoms with Crippen LogP contribution in [0.3, 0.4) is 0 Å². The van der Waals surface area contributed by atoms with Gasteiger partial charge >= 0.3 is 0 Å². The summed E-state index contributed by atoms with van der Waals surface area (Å²) >= 11 is 0. The molecule has 1 aromatic heterocycles. The van der Waals surface area contributed by atoms with Gasteiger partial charge in [-0.2, -0.15) is 0 Å². The molecule has 0 atom stereocenters. The first-order valence-electron chi connectivity index (χ1n) is 4.80. The fraction of sp³-hybridized carbons (Fsp3) is 0.556. The molecule has 0 aromatic carbocycles. The van der Waals surface area contributed by atoms with Crippen LogP contribution >= 0.6 is 0 Å². The molecule has 84 valence electrons. The van der Waals surface area contributed by atoms with Gasteiger partial charge in [-0.1, -0.05) is 6.92 Å². The Labute approximate surface area is 89.9 Å². The van der Waals surface area contributed by atoms with E-state index < -0.39 is 9.84 Å². The first-order valence-corrected chi connectivity index (χ1v) is 6.62. The van der Waals surface area contributed by atoms with Crippen molar-refractivity contribution in [1.29, 1.82) is 0 Å². The lowest BCUT2D eigenvalue weighted by atomic mass is 10.4. The summed E-state index contributed by atoms with van der Waals surface area (Å²) < 4.78 is 22.3. The minimum atomic E-state index is -2.87. The largest absolute Gasteiger partial charge is 0.310 e. The van der Waals surface area contributed by atoms with Gasteiger partial charge in [-0.25, -0.2) is 8.42 Å². The maximum absolute atomic E-state index is 11.1. The third-order valence-corrected chi connectivity index (χ3v) is 3.66. The Hall–Kier alpha value is -1.01. The van der Waals surface area contributed by atoms with Crippen LogP contribution in [-0.2, 0) is 16.4 Å². The van der Waals surface area contributed by atoms with Gasteiger partial charge in [0.1, 0.15) is 0 Å². The zero-order valence-electron chi connectivity index (χ0n) is 8.68. The van der Waals surface area contributed by atoms with Crippen LogP contribution in [0.4, 0.5) is 0 Å². The van der Waals surface area contributed by atoms with Crippen LogP contribution in [0.25, 0.3) is 0 Å². The van der Waals surface area contributed by atoms with Crippen LogP contribution in [0.5, 0.6) is 0 Å². The molecule has 0 unspecified atom stereocenters. The highest BCUT2D eigenvalue weighted by molar-refractivity contribution is 7.91. The van der Waals surface area contributed by atoms with Gasteiger partial charge in [-0.15, -0.1) is 0 Å². The highest BCUT2D eigenvalue weighted by Gasteiger charge is 2.05. The van der Waals surface area contributed by atoms with E-state index >= 15 is 0 Å². The molecular formula is C9H15N3O2S. The maximum Gasteiger partial charge on any atom is 0.151 e. The molecule has 0 saturated heterocycles. The molecule has 0 spiro atoms. The van der Waals surface area contributed by atoms with E-state index in [1.165, 1.54) is 0 Å². The highest BCUT2D eigenvalue weighted by Crippen LogP contribution is 1.90. The van der Waals surface area contributed by atoms with Crippen LogP contribution < -0.4 is 5.32 Å². The van der Waals surface area contributed by atoms with Crippen molar-refractivity contribution in [3.05, 3.63) is 24.3 Å². The molecule has 1 aromatic rings. The van der Waals surface area contributed by atoms with E-state index in [0.717, 1.165) is 5.69 Å². The summed E-state index contributed by atoms with van der Waals surface area (Å²) in [5.41, 5.74) is 0.811. The fourth-order valence-corrected chi connectivity index (χ4v) is 1.75. The van der Waals surface area contributed by atoms with Crippen molar-refractivity contribution in [3.63, 3.8) is 0 Å². The minimum absolute atomic E-state index is 0.170. The summed E-state index contributed by atoms with van der Waals surface area (Å²) in [7, 11) is -2.87. The molecule has 1 heterocycles. The molecular weight excluding hydrogens is 214 g/mol. The van der Waals surface area contributed by atoms with Crippen LogP contribution in [0.2, 0.25) is 0 Å². The summed E-state index contributed by atoms with van der Waals surface area (Å²) in [6.07, 6.45) is 4.87. The van der Waals surface area contributed by atoms with Gasteiger partial charge in [0.15, 0.2) is 9.84 Å². The lowest BCUT2D eigenvalue weighted by Crippen LogP contribution is -2.23. The molecule has 0 fully saturated rings. The molecule has 0 amide bonds. The molecule has 0 saturated carbocycles. The Morgan fingerprint density at radius 3 is 2.80 bits per heavy atom. The third-order valence-electron chi connectivity index (χ3n) is 1.95. The van der Waals surface area contributed by atoms with Crippen molar-refractivity contribution in [2.24, 2.45) is 0 Å². The molecule has 6 heteroatoms. The lowest BCUT2D eigenvalue weighted by Gasteiger charge is -2.03. The average molecular weight is 229 g/mol. The Bertz CT molecular complexity index is 378. The molecule has 1 N–H and O–H groups in total. The number of sulfone groups is 1. The number of nitrogens with zero attached hydrogens (tertiary/aromatic N) is 2. The van der Waals surface area contributed by atoms with Crippen LogP contribution in [0.15, 0.2) is 18.6 Å². The van der Waals surface area contributed by atoms with Gasteiger partial charge in [-0.3, -0.25) is 9.97 Å². The zero-order chi connectivity index (χ0) is 11.1. The summed E-state index contributed by atoms with van der Waals surface area (Å²) in [5, 5.41) is 3.01. The second kappa shape index (κ2) is 5.77. The molecule has 0 aliphatic carbocycles. The van der Waals surface area contributed by atoms with Gasteiger partial charge < -0.3 is 5.32 Å². The van der Waals surface area contributed by atoms with Crippen molar-refractivity contribution in [1.82, 2.24) is 15.3 Å². The molecule has 15 heavy (non-hydrogen) atoms. The molecule has 0 bridgehead atoms. The molecule has 5 nitrogen and oxygen atoms in total. The first-order chi connectivity index (χ1) is 7.14. The summed E-state index contributed by atoms with van der Waals surface area (Å²) in [4.78, 5) is 7.97. The van der Waals surface area contributed by atoms with Crippen LogP contribution in [-0.4, -0.2) is 36.4 Å². The predicted molar refractivity (Wildman–Crippen MR) is 58.1 cm³/mol. The Morgan fingerprint density at radius 2 is 2.20 bits per heavy atom. The third kappa shape index (κ3) is 4.85. The number of nitrogens with one attached hydrogen (secondary N) is 1. The van der Waals surface area contributed by atoms with Crippen molar-refractivity contribution < 1.29 is 8.42 Å². The highest BCUT2D eigenvalue weighted by atomic mass is 32.2. The van der Waals surface area contributed by atoms with E-state index in [1.54, 1.807) is 25.5 Å². The Morgan fingerprint density at radius 1 is 1.40 bits per heavy atom. The quantitative estimate of drug-likeness (QED) is 0.695. The second-order valence-corrected chi connectivity index (χ2v) is 5.58. The SMILES string of the molecule is CCS(=O)(=O)CCNCc1cnccn1. The Kier molecular flexibility index (Phi) is 4.64. The van der Waals surface area contributed by atoms with Gasteiger partial charge in [0, 0.05) is 37.4 Å². The van der Waals surface area contributed by atoms with Crippen molar-refractivity contribution >= 4 is 9.84 Å². The predicted octanol–water partition coefficient (Wildman–Crippen LogP) is 0.000900. The van der Waals surface area contributed by atoms with Crippen LogP contribution in [0, 0.1) is 0 Å². The number of hydrogen-bond acceptors (Lipinski definition) is 5. The smallest absolute Gasteiger partial charge is 0.151 e. The molecule has 1 rings (SSSR count). The van der Waals surface area contributed by atoms with E-state index in [0.29, 0.717) is 13.1 Å². The summed E-state index contributed by atoms with van der Waals surface area (Å²) in [5.74, 6) is 0.365. The van der Waals surface area contributed by atoms with Gasteiger partial charge in [0.25, 0.3) is 0 Å². The molecule has 0 aliphatic rings. The molecule has 0 radical (unpaired) electrons. The van der Waals surface area contributed by atoms with Gasteiger partial charge in [0.05, 0.1) is 11.4 Å². The Balaban J connectivity index is 2.24. The molecule has 0 aliphatic heterocycles. The van der Waals surface area contributed by atoms with Crippen LogP contribution in [0.1, 0.15) is 12.6 Å². The van der Waals surface area contributed by atoms with E-state index in [4.69, 9.17) is 0 Å². The number of rotatable bonds is 6. The monoisotopic (exact) mass is 229 g/mol. The number of hydrogen-bond donors (Lipinski definition) is 1. The number of aromatic nitrogens is 2. The van der Waals surface area contributed by atoms with E-state index in [2.05, 4.69) is 15.3 Å². The van der Waals surface area contributed by atoms with E-state index in [1.807, 2.05) is 0 Å². The minimum Gasteiger partial charge on any atom is -0.310 e. The van der Waals surface area contributed by atoms with Crippen molar-refractivity contribution in [2.75, 3.05) is 18.1 Å². The lowest BCUT2D eigenvalue weighted by molar-refractivity contribution is 0.591. The van der Waals surface area contributed by atoms with Crippen molar-refractivity contribution in [2.45, 2.75) is 13.5 Å². The second-order valence-electron chi connectivity index (χ2n) is 3.11. The fourth-order valence-electron chi connectivity index (χ4n) is 1.01. The van der Waals surface area contributed by atoms with Crippen molar-refractivity contribution in [3.8, 4) is 0 Å². The average Bonchev–Trinajstić information content (AvgIpc) is 2.26. The summed E-state index contributed by atoms with van der Waals surface area (Å²) in [6.45, 7) is 2.65. The zero-order valence-corrected chi connectivity index (χ0v) is 9.50. The standard InChI is InChI=1S/C9H15N3O2S/c1-2-15(13,14)6-5-11-8-9-7-10-3-4-12-9/h3-4,7,11H,2,5-6,8H2,1H3. The van der Waals surface area contributed by atoms with E-state index in [9.17, 15) is 8.42 Å². The maximum atomic E-state index is 11.1. The first kappa shape index (κ1) is 12.1. The van der Waals surface area contributed by atoms with Gasteiger partial charge in [-0.05, 0) is 0 Å².